The van der Waals surface area contributed by atoms with Crippen LogP contribution in [0, 0.1) is 0 Å². The summed E-state index contributed by atoms with van der Waals surface area (Å²) in [6.07, 6.45) is 0.808. The van der Waals surface area contributed by atoms with Crippen LogP contribution in [-0.4, -0.2) is 52.2 Å². The van der Waals surface area contributed by atoms with E-state index in [9.17, 15) is 9.18 Å². The number of rotatable bonds is 5. The van der Waals surface area contributed by atoms with Gasteiger partial charge in [0.05, 0.1) is 5.56 Å². The summed E-state index contributed by atoms with van der Waals surface area (Å²) >= 11 is 0. The molecule has 0 atom stereocenters. The lowest BCUT2D eigenvalue weighted by atomic mass is 10.1. The van der Waals surface area contributed by atoms with Gasteiger partial charge in [-0.3, -0.25) is 4.79 Å². The minimum atomic E-state index is -0.566. The van der Waals surface area contributed by atoms with Gasteiger partial charge in [0, 0.05) is 44.2 Å². The van der Waals surface area contributed by atoms with Crippen molar-refractivity contribution < 1.29 is 13.9 Å². The molecular weight excluding hydrogens is 349 g/mol. The molecule has 140 valence electrons. The number of alkyl halides is 1. The number of hydrogen-bond donors (Lipinski definition) is 1. The quantitative estimate of drug-likeness (QED) is 0.749. The number of anilines is 2. The first-order valence-corrected chi connectivity index (χ1v) is 8.75. The molecule has 1 aliphatic rings. The minimum Gasteiger partial charge on any atom is -0.475 e. The van der Waals surface area contributed by atoms with Gasteiger partial charge in [-0.05, 0) is 18.2 Å². The van der Waals surface area contributed by atoms with Gasteiger partial charge >= 0.3 is 0 Å². The standard InChI is InChI=1S/C19H20FN5O2/c1-24-10-8-13-17(19(24)26)12-6-7-15(23-18(12)25(13)2)21-14-4-3-5-16(22-14)27-11-9-20/h3-7H,8-11H2,1-2H3,(H,21,22,23). The lowest BCUT2D eigenvalue weighted by Crippen LogP contribution is -2.34. The highest BCUT2D eigenvalue weighted by Crippen LogP contribution is 2.30. The van der Waals surface area contributed by atoms with Gasteiger partial charge in [-0.15, -0.1) is 0 Å². The average molecular weight is 369 g/mol. The fourth-order valence-electron chi connectivity index (χ4n) is 3.36. The van der Waals surface area contributed by atoms with Crippen LogP contribution in [0.2, 0.25) is 0 Å². The molecule has 0 spiro atoms. The van der Waals surface area contributed by atoms with Gasteiger partial charge in [-0.1, -0.05) is 6.07 Å². The largest absolute Gasteiger partial charge is 0.475 e. The topological polar surface area (TPSA) is 72.3 Å². The molecule has 27 heavy (non-hydrogen) atoms. The van der Waals surface area contributed by atoms with Crippen molar-refractivity contribution in [1.82, 2.24) is 19.4 Å². The van der Waals surface area contributed by atoms with Crippen molar-refractivity contribution in [2.75, 3.05) is 32.2 Å². The van der Waals surface area contributed by atoms with Crippen LogP contribution < -0.4 is 10.1 Å². The van der Waals surface area contributed by atoms with E-state index in [1.807, 2.05) is 30.8 Å². The molecule has 4 rings (SSSR count). The summed E-state index contributed by atoms with van der Waals surface area (Å²) in [6.45, 7) is 0.109. The molecule has 0 aliphatic carbocycles. The van der Waals surface area contributed by atoms with E-state index in [-0.39, 0.29) is 12.5 Å². The van der Waals surface area contributed by atoms with Crippen molar-refractivity contribution >= 4 is 28.6 Å². The number of nitrogens with one attached hydrogen (secondary N) is 1. The summed E-state index contributed by atoms with van der Waals surface area (Å²) in [7, 11) is 3.75. The highest BCUT2D eigenvalue weighted by Gasteiger charge is 2.28. The Balaban J connectivity index is 1.67. The van der Waals surface area contributed by atoms with E-state index in [4.69, 9.17) is 4.74 Å². The zero-order valence-electron chi connectivity index (χ0n) is 15.2. The summed E-state index contributed by atoms with van der Waals surface area (Å²) < 4.78 is 19.4. The van der Waals surface area contributed by atoms with E-state index >= 15 is 0 Å². The molecule has 0 saturated carbocycles. The van der Waals surface area contributed by atoms with Gasteiger partial charge in [0.25, 0.3) is 5.91 Å². The van der Waals surface area contributed by atoms with Crippen molar-refractivity contribution in [2.24, 2.45) is 7.05 Å². The molecule has 1 aliphatic heterocycles. The van der Waals surface area contributed by atoms with Gasteiger partial charge in [-0.2, -0.15) is 4.98 Å². The summed E-state index contributed by atoms with van der Waals surface area (Å²) in [5.41, 5.74) is 2.50. The molecule has 1 N–H and O–H groups in total. The van der Waals surface area contributed by atoms with Crippen LogP contribution in [0.1, 0.15) is 16.1 Å². The van der Waals surface area contributed by atoms with Gasteiger partial charge in [0.1, 0.15) is 30.6 Å². The maximum Gasteiger partial charge on any atom is 0.256 e. The van der Waals surface area contributed by atoms with Crippen LogP contribution in [0.15, 0.2) is 30.3 Å². The molecule has 1 amide bonds. The van der Waals surface area contributed by atoms with E-state index in [2.05, 4.69) is 15.3 Å². The summed E-state index contributed by atoms with van der Waals surface area (Å²) in [6, 6.07) is 8.95. The van der Waals surface area contributed by atoms with Gasteiger partial charge in [0.2, 0.25) is 5.88 Å². The maximum absolute atomic E-state index is 12.6. The first-order valence-electron chi connectivity index (χ1n) is 8.75. The predicted molar refractivity (Wildman–Crippen MR) is 100 cm³/mol. The Hall–Kier alpha value is -3.16. The van der Waals surface area contributed by atoms with Crippen molar-refractivity contribution in [3.05, 3.63) is 41.6 Å². The van der Waals surface area contributed by atoms with Gasteiger partial charge in [0.15, 0.2) is 0 Å². The molecule has 0 unspecified atom stereocenters. The first kappa shape index (κ1) is 17.3. The molecule has 0 saturated heterocycles. The molecule has 3 aromatic heterocycles. The Labute approximate surface area is 155 Å². The molecule has 0 aromatic carbocycles. The van der Waals surface area contributed by atoms with Crippen LogP contribution in [0.3, 0.4) is 0 Å². The lowest BCUT2D eigenvalue weighted by molar-refractivity contribution is 0.0781. The molecule has 0 radical (unpaired) electrons. The Morgan fingerprint density at radius 1 is 1.19 bits per heavy atom. The molecule has 4 heterocycles. The number of nitrogens with zero attached hydrogens (tertiary/aromatic N) is 4. The number of hydrogen-bond acceptors (Lipinski definition) is 5. The van der Waals surface area contributed by atoms with Gasteiger partial charge < -0.3 is 19.5 Å². The number of aryl methyl sites for hydroxylation is 1. The lowest BCUT2D eigenvalue weighted by Gasteiger charge is -2.23. The fraction of sp³-hybridized carbons (Fsp3) is 0.316. The Morgan fingerprint density at radius 3 is 2.81 bits per heavy atom. The SMILES string of the molecule is CN1CCc2c(c3ccc(Nc4cccc(OCCF)n4)nc3n2C)C1=O. The van der Waals surface area contributed by atoms with Crippen LogP contribution in [0.25, 0.3) is 11.0 Å². The number of likely N-dealkylation sites (N-methyl/N-ethyl adjacent to an activating group) is 1. The number of halogens is 1. The van der Waals surface area contributed by atoms with Crippen LogP contribution >= 0.6 is 0 Å². The zero-order chi connectivity index (χ0) is 19.0. The third kappa shape index (κ3) is 3.07. The zero-order valence-corrected chi connectivity index (χ0v) is 15.2. The van der Waals surface area contributed by atoms with Crippen LogP contribution in [0.4, 0.5) is 16.0 Å². The number of aromatic nitrogens is 3. The second-order valence-corrected chi connectivity index (χ2v) is 6.45. The molecular formula is C19H20FN5O2. The van der Waals surface area contributed by atoms with Crippen molar-refractivity contribution in [1.29, 1.82) is 0 Å². The number of ether oxygens (including phenoxy) is 1. The maximum atomic E-state index is 12.6. The third-order valence-electron chi connectivity index (χ3n) is 4.71. The second-order valence-electron chi connectivity index (χ2n) is 6.45. The van der Waals surface area contributed by atoms with Crippen LogP contribution in [-0.2, 0) is 13.5 Å². The highest BCUT2D eigenvalue weighted by molar-refractivity contribution is 6.08. The minimum absolute atomic E-state index is 0.0297. The van der Waals surface area contributed by atoms with Crippen molar-refractivity contribution in [2.45, 2.75) is 6.42 Å². The van der Waals surface area contributed by atoms with E-state index in [0.29, 0.717) is 24.1 Å². The average Bonchev–Trinajstić information content (AvgIpc) is 2.96. The predicted octanol–water partition coefficient (Wildman–Crippen LogP) is 2.69. The number of carbonyl (C=O) groups excluding carboxylic acids is 1. The molecule has 8 heteroatoms. The summed E-state index contributed by atoms with van der Waals surface area (Å²) in [4.78, 5) is 23.3. The van der Waals surface area contributed by atoms with Crippen molar-refractivity contribution in [3.8, 4) is 5.88 Å². The highest BCUT2D eigenvalue weighted by atomic mass is 19.1. The number of pyridine rings is 2. The van der Waals surface area contributed by atoms with E-state index in [1.165, 1.54) is 0 Å². The molecule has 7 nitrogen and oxygen atoms in total. The monoisotopic (exact) mass is 369 g/mol. The van der Waals surface area contributed by atoms with E-state index in [0.717, 1.165) is 28.7 Å². The van der Waals surface area contributed by atoms with E-state index < -0.39 is 6.67 Å². The number of amides is 1. The van der Waals surface area contributed by atoms with Crippen LogP contribution in [0.5, 0.6) is 5.88 Å². The second kappa shape index (κ2) is 6.86. The number of fused-ring (bicyclic) bond motifs is 3. The Kier molecular flexibility index (Phi) is 4.39. The molecule has 0 bridgehead atoms. The van der Waals surface area contributed by atoms with Gasteiger partial charge in [-0.25, -0.2) is 9.37 Å². The Morgan fingerprint density at radius 2 is 2.00 bits per heavy atom. The molecule has 3 aromatic rings. The first-order chi connectivity index (χ1) is 13.1. The Bertz CT molecular complexity index is 1020. The summed E-state index contributed by atoms with van der Waals surface area (Å²) in [5.74, 6) is 1.54. The molecule has 0 fully saturated rings. The fourth-order valence-corrected chi connectivity index (χ4v) is 3.36. The number of carbonyl (C=O) groups is 1. The van der Waals surface area contributed by atoms with Crippen molar-refractivity contribution in [3.63, 3.8) is 0 Å². The normalized spacial score (nSPS) is 13.7. The third-order valence-corrected chi connectivity index (χ3v) is 4.71. The van der Waals surface area contributed by atoms with E-state index in [1.54, 1.807) is 23.1 Å². The smallest absolute Gasteiger partial charge is 0.256 e. The summed E-state index contributed by atoms with van der Waals surface area (Å²) in [5, 5.41) is 3.99.